The summed E-state index contributed by atoms with van der Waals surface area (Å²) in [6, 6.07) is 6.24. The van der Waals surface area contributed by atoms with Crippen molar-refractivity contribution in [3.63, 3.8) is 0 Å². The van der Waals surface area contributed by atoms with Crippen LogP contribution in [0.3, 0.4) is 0 Å². The Morgan fingerprint density at radius 1 is 1.33 bits per heavy atom. The number of benzene rings is 1. The summed E-state index contributed by atoms with van der Waals surface area (Å²) < 4.78 is 13.2. The van der Waals surface area contributed by atoms with Crippen LogP contribution >= 0.6 is 0 Å². The molecule has 0 saturated heterocycles. The number of hydrogen-bond donors (Lipinski definition) is 3. The molecule has 1 amide bonds. The van der Waals surface area contributed by atoms with E-state index in [2.05, 4.69) is 20.5 Å². The molecule has 0 radical (unpaired) electrons. The van der Waals surface area contributed by atoms with Crippen LogP contribution in [0.5, 0.6) is 0 Å². The highest BCUT2D eigenvalue weighted by atomic mass is 19.1. The molecule has 0 aliphatic heterocycles. The number of anilines is 1. The molecule has 1 aromatic heterocycles. The molecule has 1 fully saturated rings. The first-order valence-electron chi connectivity index (χ1n) is 8.20. The number of aromatic amines is 1. The number of carbonyl (C=O) groups excluding carboxylic acids is 1. The van der Waals surface area contributed by atoms with Gasteiger partial charge in [0.1, 0.15) is 11.6 Å². The zero-order chi connectivity index (χ0) is 17.0. The van der Waals surface area contributed by atoms with Crippen molar-refractivity contribution in [1.29, 1.82) is 0 Å². The van der Waals surface area contributed by atoms with Crippen LogP contribution in [-0.2, 0) is 11.2 Å². The molecule has 7 heteroatoms. The van der Waals surface area contributed by atoms with E-state index in [1.807, 2.05) is 0 Å². The van der Waals surface area contributed by atoms with E-state index in [1.54, 1.807) is 12.1 Å². The number of halogens is 1. The van der Waals surface area contributed by atoms with E-state index in [0.29, 0.717) is 25.1 Å². The topological polar surface area (TPSA) is 90.9 Å². The minimum atomic E-state index is -0.914. The van der Waals surface area contributed by atoms with Crippen molar-refractivity contribution < 1.29 is 14.3 Å². The van der Waals surface area contributed by atoms with E-state index in [0.717, 1.165) is 24.8 Å². The number of carbonyl (C=O) groups is 1. The number of amides is 1. The van der Waals surface area contributed by atoms with Crippen LogP contribution in [0.25, 0.3) is 0 Å². The lowest BCUT2D eigenvalue weighted by molar-refractivity contribution is -0.122. The largest absolute Gasteiger partial charge is 0.389 e. The first kappa shape index (κ1) is 16.6. The highest BCUT2D eigenvalue weighted by Gasteiger charge is 2.31. The predicted octanol–water partition coefficient (Wildman–Crippen LogP) is 2.56. The highest BCUT2D eigenvalue weighted by Crippen LogP contribution is 2.30. The SMILES string of the molecule is O=C(CC1(O)CCCCC1)Nc1n[nH]c(Cc2cccc(F)c2)n1. The van der Waals surface area contributed by atoms with Crippen molar-refractivity contribution in [2.75, 3.05) is 5.32 Å². The summed E-state index contributed by atoms with van der Waals surface area (Å²) in [6.07, 6.45) is 4.75. The molecule has 3 rings (SSSR count). The average Bonchev–Trinajstić information content (AvgIpc) is 2.94. The number of H-pyrrole nitrogens is 1. The van der Waals surface area contributed by atoms with Gasteiger partial charge in [0.2, 0.25) is 11.9 Å². The molecule has 1 aromatic carbocycles. The molecule has 6 nitrogen and oxygen atoms in total. The molecule has 24 heavy (non-hydrogen) atoms. The van der Waals surface area contributed by atoms with Crippen molar-refractivity contribution in [3.8, 4) is 0 Å². The normalized spacial score (nSPS) is 16.8. The van der Waals surface area contributed by atoms with E-state index in [9.17, 15) is 14.3 Å². The molecule has 128 valence electrons. The summed E-state index contributed by atoms with van der Waals surface area (Å²) in [4.78, 5) is 16.3. The number of nitrogens with one attached hydrogen (secondary N) is 2. The fraction of sp³-hybridized carbons (Fsp3) is 0.471. The summed E-state index contributed by atoms with van der Waals surface area (Å²) in [5, 5.41) is 19.7. The van der Waals surface area contributed by atoms with Gasteiger partial charge in [-0.1, -0.05) is 31.4 Å². The molecule has 0 spiro atoms. The Bertz CT molecular complexity index is 710. The van der Waals surface area contributed by atoms with Crippen LogP contribution in [0, 0.1) is 5.82 Å². The smallest absolute Gasteiger partial charge is 0.248 e. The van der Waals surface area contributed by atoms with E-state index in [1.165, 1.54) is 12.1 Å². The van der Waals surface area contributed by atoms with Crippen molar-refractivity contribution >= 4 is 11.9 Å². The predicted molar refractivity (Wildman–Crippen MR) is 86.9 cm³/mol. The monoisotopic (exact) mass is 332 g/mol. The molecule has 0 unspecified atom stereocenters. The lowest BCUT2D eigenvalue weighted by Gasteiger charge is -2.31. The first-order chi connectivity index (χ1) is 11.5. The Kier molecular flexibility index (Phi) is 4.89. The Balaban J connectivity index is 1.56. The maximum absolute atomic E-state index is 13.2. The van der Waals surface area contributed by atoms with Crippen molar-refractivity contribution in [2.45, 2.75) is 50.5 Å². The van der Waals surface area contributed by atoms with E-state index < -0.39 is 5.60 Å². The molecule has 3 N–H and O–H groups in total. The van der Waals surface area contributed by atoms with Gasteiger partial charge < -0.3 is 5.11 Å². The number of aromatic nitrogens is 3. The second-order valence-electron chi connectivity index (χ2n) is 6.42. The Hall–Kier alpha value is -2.28. The van der Waals surface area contributed by atoms with Gasteiger partial charge in [0, 0.05) is 6.42 Å². The zero-order valence-corrected chi connectivity index (χ0v) is 13.4. The van der Waals surface area contributed by atoms with Gasteiger partial charge >= 0.3 is 0 Å². The Morgan fingerprint density at radius 3 is 2.88 bits per heavy atom. The maximum Gasteiger partial charge on any atom is 0.248 e. The van der Waals surface area contributed by atoms with Gasteiger partial charge in [-0.3, -0.25) is 15.2 Å². The molecule has 1 aliphatic rings. The second-order valence-corrected chi connectivity index (χ2v) is 6.42. The average molecular weight is 332 g/mol. The number of rotatable bonds is 5. The van der Waals surface area contributed by atoms with Crippen molar-refractivity contribution in [2.24, 2.45) is 0 Å². The summed E-state index contributed by atoms with van der Waals surface area (Å²) in [5.74, 6) is 0.107. The van der Waals surface area contributed by atoms with Gasteiger partial charge in [0.15, 0.2) is 0 Å². The minimum Gasteiger partial charge on any atom is -0.389 e. The third kappa shape index (κ3) is 4.38. The Morgan fingerprint density at radius 2 is 2.12 bits per heavy atom. The van der Waals surface area contributed by atoms with Gasteiger partial charge in [-0.25, -0.2) is 4.39 Å². The summed E-state index contributed by atoms with van der Waals surface area (Å²) in [7, 11) is 0. The van der Waals surface area contributed by atoms with Crippen LogP contribution in [0.15, 0.2) is 24.3 Å². The summed E-state index contributed by atoms with van der Waals surface area (Å²) in [6.45, 7) is 0. The molecule has 1 saturated carbocycles. The third-order valence-corrected chi connectivity index (χ3v) is 4.32. The van der Waals surface area contributed by atoms with Crippen LogP contribution in [0.1, 0.15) is 49.9 Å². The molecule has 1 aliphatic carbocycles. The van der Waals surface area contributed by atoms with Crippen LogP contribution in [0.2, 0.25) is 0 Å². The molecule has 1 heterocycles. The summed E-state index contributed by atoms with van der Waals surface area (Å²) in [5.41, 5.74) is -0.149. The van der Waals surface area contributed by atoms with Crippen molar-refractivity contribution in [3.05, 3.63) is 41.5 Å². The van der Waals surface area contributed by atoms with Gasteiger partial charge in [-0.2, -0.15) is 4.98 Å². The molecular formula is C17H21FN4O2. The third-order valence-electron chi connectivity index (χ3n) is 4.32. The van der Waals surface area contributed by atoms with Crippen LogP contribution < -0.4 is 5.32 Å². The first-order valence-corrected chi connectivity index (χ1v) is 8.20. The number of hydrogen-bond acceptors (Lipinski definition) is 4. The van der Waals surface area contributed by atoms with Crippen LogP contribution in [-0.4, -0.2) is 31.8 Å². The number of nitrogens with zero attached hydrogens (tertiary/aromatic N) is 2. The minimum absolute atomic E-state index is 0.0563. The lowest BCUT2D eigenvalue weighted by atomic mass is 9.82. The molecular weight excluding hydrogens is 311 g/mol. The second kappa shape index (κ2) is 7.09. The van der Waals surface area contributed by atoms with E-state index in [-0.39, 0.29) is 24.1 Å². The van der Waals surface area contributed by atoms with Gasteiger partial charge in [0.05, 0.1) is 12.0 Å². The quantitative estimate of drug-likeness (QED) is 0.785. The summed E-state index contributed by atoms with van der Waals surface area (Å²) >= 11 is 0. The van der Waals surface area contributed by atoms with E-state index >= 15 is 0 Å². The lowest BCUT2D eigenvalue weighted by Crippen LogP contribution is -2.36. The molecule has 0 bridgehead atoms. The molecule has 0 atom stereocenters. The van der Waals surface area contributed by atoms with Gasteiger partial charge in [-0.05, 0) is 30.5 Å². The van der Waals surface area contributed by atoms with Gasteiger partial charge in [-0.15, -0.1) is 5.10 Å². The fourth-order valence-electron chi connectivity index (χ4n) is 3.12. The van der Waals surface area contributed by atoms with E-state index in [4.69, 9.17) is 0 Å². The maximum atomic E-state index is 13.2. The standard InChI is InChI=1S/C17H21FN4O2/c18-13-6-4-5-12(9-13)10-14-19-16(22-21-14)20-15(23)11-17(24)7-2-1-3-8-17/h4-6,9,24H,1-3,7-8,10-11H2,(H2,19,20,21,22,23). The van der Waals surface area contributed by atoms with Crippen LogP contribution in [0.4, 0.5) is 10.3 Å². The Labute approximate surface area is 139 Å². The highest BCUT2D eigenvalue weighted by molar-refractivity contribution is 5.89. The zero-order valence-electron chi connectivity index (χ0n) is 13.4. The number of aliphatic hydroxyl groups is 1. The fourth-order valence-corrected chi connectivity index (χ4v) is 3.12. The van der Waals surface area contributed by atoms with Gasteiger partial charge in [0.25, 0.3) is 0 Å². The van der Waals surface area contributed by atoms with Crippen molar-refractivity contribution in [1.82, 2.24) is 15.2 Å². The molecule has 2 aromatic rings.